The van der Waals surface area contributed by atoms with E-state index in [0.29, 0.717) is 28.8 Å². The maximum Gasteiger partial charge on any atom is 0.245 e. The summed E-state index contributed by atoms with van der Waals surface area (Å²) in [7, 11) is 1.66. The predicted octanol–water partition coefficient (Wildman–Crippen LogP) is 4.15. The Hall–Kier alpha value is -3.40. The third-order valence-corrected chi connectivity index (χ3v) is 6.01. The van der Waals surface area contributed by atoms with Crippen LogP contribution in [0, 0.1) is 17.7 Å². The van der Waals surface area contributed by atoms with Crippen molar-refractivity contribution < 1.29 is 13.7 Å². The van der Waals surface area contributed by atoms with Gasteiger partial charge in [-0.1, -0.05) is 30.0 Å². The van der Waals surface area contributed by atoms with Gasteiger partial charge >= 0.3 is 0 Å². The highest BCUT2D eigenvalue weighted by Crippen LogP contribution is 2.35. The molecule has 30 heavy (non-hydrogen) atoms. The minimum absolute atomic E-state index is 0.107. The van der Waals surface area contributed by atoms with Crippen LogP contribution in [0.1, 0.15) is 27.0 Å². The van der Waals surface area contributed by atoms with Crippen LogP contribution in [0.2, 0.25) is 0 Å². The summed E-state index contributed by atoms with van der Waals surface area (Å²) in [6.45, 7) is 0. The lowest BCUT2D eigenvalue weighted by molar-refractivity contribution is 0.104. The number of hydrogen-bond donors (Lipinski definition) is 0. The Balaban J connectivity index is 1.66. The van der Waals surface area contributed by atoms with Crippen LogP contribution in [0.5, 0.6) is 0 Å². The van der Waals surface area contributed by atoms with E-state index in [9.17, 15) is 13.7 Å². The summed E-state index contributed by atoms with van der Waals surface area (Å²) >= 11 is -1.68. The van der Waals surface area contributed by atoms with Crippen molar-refractivity contribution in [2.75, 3.05) is 11.4 Å². The number of allylic oxidation sites excluding steroid dienone is 1. The van der Waals surface area contributed by atoms with Gasteiger partial charge in [0.05, 0.1) is 18.3 Å². The van der Waals surface area contributed by atoms with Crippen LogP contribution in [0.15, 0.2) is 71.9 Å². The monoisotopic (exact) mass is 416 g/mol. The Morgan fingerprint density at radius 3 is 2.83 bits per heavy atom. The number of fused-ring (bicyclic) bond motifs is 1. The fourth-order valence-electron chi connectivity index (χ4n) is 3.13. The average Bonchev–Trinajstić information content (AvgIpc) is 2.76. The van der Waals surface area contributed by atoms with Gasteiger partial charge in [-0.15, -0.1) is 0 Å². The number of hydrogen-bond acceptors (Lipinski definition) is 4. The Bertz CT molecular complexity index is 1200. The molecule has 1 unspecified atom stereocenters. The molecule has 3 aromatic rings. The van der Waals surface area contributed by atoms with Gasteiger partial charge in [0.25, 0.3) is 0 Å². The van der Waals surface area contributed by atoms with E-state index >= 15 is 0 Å². The molecule has 4 rings (SSSR count). The van der Waals surface area contributed by atoms with Crippen molar-refractivity contribution in [1.82, 2.24) is 4.98 Å². The van der Waals surface area contributed by atoms with Crippen molar-refractivity contribution in [2.24, 2.45) is 0 Å². The van der Waals surface area contributed by atoms with E-state index < -0.39 is 17.2 Å². The first kappa shape index (κ1) is 19.9. The number of carbonyl (C=O) groups is 1. The summed E-state index contributed by atoms with van der Waals surface area (Å²) < 4.78 is 27.9. The second kappa shape index (κ2) is 8.54. The van der Waals surface area contributed by atoms with Gasteiger partial charge in [-0.05, 0) is 47.5 Å². The number of carbonyl (C=O) groups excluding carboxylic acids is 1. The highest BCUT2D eigenvalue weighted by atomic mass is 32.2. The number of benzene rings is 2. The predicted molar refractivity (Wildman–Crippen MR) is 117 cm³/mol. The number of Topliss-reactive ketones (excluding diaryl/α,β-unsaturated/α-hetero) is 1. The number of pyridine rings is 1. The molecule has 2 heterocycles. The van der Waals surface area contributed by atoms with Crippen molar-refractivity contribution in [2.45, 2.75) is 6.42 Å². The number of ketones is 1. The molecule has 2 aromatic carbocycles. The molecule has 1 aliphatic rings. The third kappa shape index (κ3) is 4.13. The summed E-state index contributed by atoms with van der Waals surface area (Å²) in [6.07, 6.45) is 5.50. The second-order valence-corrected chi connectivity index (χ2v) is 8.20. The molecule has 1 atom stereocenters. The van der Waals surface area contributed by atoms with E-state index in [0.717, 1.165) is 5.56 Å². The largest absolute Gasteiger partial charge is 0.588 e. The quantitative estimate of drug-likeness (QED) is 0.358. The first-order chi connectivity index (χ1) is 14.5. The number of anilines is 1. The SMILES string of the molecule is CN1c2ccc(C#CCc3cccnc3)cc2C(=O)/C(=C\c2cccc(F)c2)[S+]1[O-]. The molecule has 1 aromatic heterocycles. The van der Waals surface area contributed by atoms with Gasteiger partial charge in [0.1, 0.15) is 17.2 Å². The standard InChI is InChI=1S/C24H17FN2O2S/c1-27-22-11-10-17(5-2-6-18-8-4-12-26-16-18)14-21(22)24(28)23(30(27)29)15-19-7-3-9-20(25)13-19/h3-4,7-16H,6H2,1H3/b23-15+. The first-order valence-corrected chi connectivity index (χ1v) is 10.3. The summed E-state index contributed by atoms with van der Waals surface area (Å²) in [4.78, 5) is 17.2. The van der Waals surface area contributed by atoms with Crippen molar-refractivity contribution in [3.8, 4) is 11.8 Å². The minimum Gasteiger partial charge on any atom is -0.588 e. The lowest BCUT2D eigenvalue weighted by atomic mass is 10.0. The lowest BCUT2D eigenvalue weighted by Crippen LogP contribution is -2.36. The Labute approximate surface area is 177 Å². The van der Waals surface area contributed by atoms with Crippen molar-refractivity contribution >= 4 is 28.9 Å². The van der Waals surface area contributed by atoms with Crippen LogP contribution in [0.3, 0.4) is 0 Å². The first-order valence-electron chi connectivity index (χ1n) is 9.22. The van der Waals surface area contributed by atoms with E-state index in [-0.39, 0.29) is 10.7 Å². The van der Waals surface area contributed by atoms with Gasteiger partial charge < -0.3 is 4.55 Å². The van der Waals surface area contributed by atoms with Gasteiger partial charge in [-0.3, -0.25) is 9.78 Å². The molecule has 0 spiro atoms. The highest BCUT2D eigenvalue weighted by molar-refractivity contribution is 7.97. The zero-order chi connectivity index (χ0) is 21.1. The number of rotatable bonds is 2. The maximum atomic E-state index is 13.5. The zero-order valence-corrected chi connectivity index (χ0v) is 16.9. The van der Waals surface area contributed by atoms with Crippen LogP contribution in [-0.4, -0.2) is 22.4 Å². The molecule has 0 amide bonds. The molecule has 0 bridgehead atoms. The Kier molecular flexibility index (Phi) is 5.66. The van der Waals surface area contributed by atoms with Crippen LogP contribution in [0.4, 0.5) is 10.1 Å². The Morgan fingerprint density at radius 1 is 1.20 bits per heavy atom. The van der Waals surface area contributed by atoms with Crippen molar-refractivity contribution in [3.63, 3.8) is 0 Å². The molecule has 0 N–H and O–H groups in total. The van der Waals surface area contributed by atoms with E-state index in [1.54, 1.807) is 49.8 Å². The summed E-state index contributed by atoms with van der Waals surface area (Å²) in [5, 5.41) is 0. The molecule has 148 valence electrons. The highest BCUT2D eigenvalue weighted by Gasteiger charge is 2.38. The minimum atomic E-state index is -1.68. The van der Waals surface area contributed by atoms with Crippen LogP contribution in [0.25, 0.3) is 6.08 Å². The molecule has 1 aliphatic heterocycles. The van der Waals surface area contributed by atoms with E-state index in [4.69, 9.17) is 0 Å². The van der Waals surface area contributed by atoms with Crippen LogP contribution in [-0.2, 0) is 17.8 Å². The summed E-state index contributed by atoms with van der Waals surface area (Å²) in [5.41, 5.74) is 3.18. The summed E-state index contributed by atoms with van der Waals surface area (Å²) in [6, 6.07) is 14.9. The van der Waals surface area contributed by atoms with Gasteiger partial charge in [0, 0.05) is 30.5 Å². The molecular weight excluding hydrogens is 399 g/mol. The zero-order valence-electron chi connectivity index (χ0n) is 16.1. The number of halogens is 1. The normalized spacial score (nSPS) is 16.8. The van der Waals surface area contributed by atoms with E-state index in [2.05, 4.69) is 16.8 Å². The fraction of sp³-hybridized carbons (Fsp3) is 0.0833. The molecule has 0 saturated heterocycles. The molecule has 0 radical (unpaired) electrons. The molecule has 0 aliphatic carbocycles. The molecule has 0 fully saturated rings. The lowest BCUT2D eigenvalue weighted by Gasteiger charge is -2.29. The average molecular weight is 416 g/mol. The molecule has 6 heteroatoms. The van der Waals surface area contributed by atoms with Crippen LogP contribution < -0.4 is 4.31 Å². The smallest absolute Gasteiger partial charge is 0.245 e. The maximum absolute atomic E-state index is 13.5. The molecule has 4 nitrogen and oxygen atoms in total. The van der Waals surface area contributed by atoms with Crippen LogP contribution >= 0.6 is 0 Å². The topological polar surface area (TPSA) is 56.3 Å². The van der Waals surface area contributed by atoms with E-state index in [1.807, 2.05) is 12.1 Å². The van der Waals surface area contributed by atoms with Gasteiger partial charge in [0.15, 0.2) is 0 Å². The fourth-order valence-corrected chi connectivity index (χ4v) is 4.27. The van der Waals surface area contributed by atoms with Crippen molar-refractivity contribution in [3.05, 3.63) is 100.0 Å². The third-order valence-electron chi connectivity index (χ3n) is 4.64. The summed E-state index contributed by atoms with van der Waals surface area (Å²) in [5.74, 6) is 5.39. The Morgan fingerprint density at radius 2 is 2.07 bits per heavy atom. The molecule has 0 saturated carbocycles. The van der Waals surface area contributed by atoms with E-state index in [1.165, 1.54) is 22.5 Å². The second-order valence-electron chi connectivity index (χ2n) is 6.71. The van der Waals surface area contributed by atoms with Crippen molar-refractivity contribution in [1.29, 1.82) is 0 Å². The van der Waals surface area contributed by atoms with Gasteiger partial charge in [-0.25, -0.2) is 4.39 Å². The van der Waals surface area contributed by atoms with Gasteiger partial charge in [0.2, 0.25) is 10.7 Å². The molecular formula is C24H17FN2O2S. The number of nitrogens with zero attached hydrogens (tertiary/aromatic N) is 2. The van der Waals surface area contributed by atoms with Gasteiger partial charge in [-0.2, -0.15) is 4.31 Å². The number of aromatic nitrogens is 1.